The molecule has 0 spiro atoms. The van der Waals surface area contributed by atoms with Gasteiger partial charge in [0, 0.05) is 47.4 Å². The second-order valence-corrected chi connectivity index (χ2v) is 28.0. The number of halogens is 1. The number of pyridine rings is 2. The van der Waals surface area contributed by atoms with Crippen molar-refractivity contribution >= 4 is 38.0 Å². The molecule has 8 heteroatoms. The molecule has 0 radical (unpaired) electrons. The normalized spacial score (nSPS) is 11.6. The van der Waals surface area contributed by atoms with Gasteiger partial charge in [-0.25, -0.2) is 19.9 Å². The standard InChI is InChI=1S/C13H15N3.C8H11BrN2.C5H4N.3C4H9.Sn/c1-13(2,3)12-15-8-10(9-16-12)11-6-4-5-7-14-11;1-8(2,3)7-10-4-6(9)5-11-7;1-2-4-6-5-3-1;3*1-3-4-2;/h4-9H,1-3H3;4-5H,1-3H3;1-4H;3*1,3-4H2,2H3;. The third-order valence-electron chi connectivity index (χ3n) is 7.81. The average molecular weight is 797 g/mol. The van der Waals surface area contributed by atoms with Crippen molar-refractivity contribution in [2.24, 2.45) is 0 Å². The first kappa shape index (κ1) is 39.9. The molecule has 46 heavy (non-hydrogen) atoms. The third-order valence-corrected chi connectivity index (χ3v) is 23.4. The Morgan fingerprint density at radius 3 is 1.37 bits per heavy atom. The van der Waals surface area contributed by atoms with Crippen molar-refractivity contribution in [3.8, 4) is 11.3 Å². The molecular weight excluding hydrogens is 739 g/mol. The van der Waals surface area contributed by atoms with E-state index in [1.54, 1.807) is 22.3 Å². The van der Waals surface area contributed by atoms with E-state index >= 15 is 0 Å². The van der Waals surface area contributed by atoms with Gasteiger partial charge in [-0.3, -0.25) is 4.98 Å². The molecule has 4 aromatic heterocycles. The van der Waals surface area contributed by atoms with Crippen LogP contribution >= 0.6 is 15.9 Å². The van der Waals surface area contributed by atoms with Crippen LogP contribution in [0.2, 0.25) is 13.3 Å². The van der Waals surface area contributed by atoms with Crippen LogP contribution in [0, 0.1) is 0 Å². The molecule has 6 nitrogen and oxygen atoms in total. The average Bonchev–Trinajstić information content (AvgIpc) is 3.05. The number of aromatic nitrogens is 6. The van der Waals surface area contributed by atoms with E-state index in [0.717, 1.165) is 27.4 Å². The second-order valence-electron chi connectivity index (χ2n) is 14.0. The van der Waals surface area contributed by atoms with Gasteiger partial charge in [0.25, 0.3) is 0 Å². The van der Waals surface area contributed by atoms with Crippen LogP contribution < -0.4 is 3.71 Å². The van der Waals surface area contributed by atoms with E-state index in [0.29, 0.717) is 0 Å². The summed E-state index contributed by atoms with van der Waals surface area (Å²) in [7, 11) is 0. The van der Waals surface area contributed by atoms with Crippen LogP contribution in [0.3, 0.4) is 0 Å². The molecule has 0 aliphatic rings. The minimum absolute atomic E-state index is 0.0113. The monoisotopic (exact) mass is 796 g/mol. The van der Waals surface area contributed by atoms with Crippen LogP contribution in [0.5, 0.6) is 0 Å². The number of unbranched alkanes of at least 4 members (excludes halogenated alkanes) is 3. The van der Waals surface area contributed by atoms with E-state index in [1.807, 2.05) is 36.8 Å². The van der Waals surface area contributed by atoms with E-state index < -0.39 is 18.4 Å². The first-order valence-electron chi connectivity index (χ1n) is 17.0. The molecule has 0 atom stereocenters. The molecule has 0 aliphatic carbocycles. The van der Waals surface area contributed by atoms with Gasteiger partial charge in [0.1, 0.15) is 11.6 Å². The van der Waals surface area contributed by atoms with E-state index in [4.69, 9.17) is 4.98 Å². The van der Waals surface area contributed by atoms with Gasteiger partial charge >= 0.3 is 124 Å². The number of rotatable bonds is 11. The van der Waals surface area contributed by atoms with Crippen LogP contribution in [0.4, 0.5) is 0 Å². The second kappa shape index (κ2) is 20.2. The predicted molar refractivity (Wildman–Crippen MR) is 201 cm³/mol. The first-order valence-corrected chi connectivity index (χ1v) is 25.3. The van der Waals surface area contributed by atoms with Crippen molar-refractivity contribution in [3.05, 3.63) is 89.7 Å². The summed E-state index contributed by atoms with van der Waals surface area (Å²) in [6, 6.07) is 12.4. The summed E-state index contributed by atoms with van der Waals surface area (Å²) in [6.45, 7) is 19.6. The molecule has 250 valence electrons. The SMILES string of the molecule is CC(C)(C)c1ncc(-c2ccccn2)cn1.CC(C)(C)c1ncc(Br)cn1.CCC[CH2][Sn]([CH2]CCC)([CH2]CCC)[c]1ccccn1. The number of hydrogen-bond acceptors (Lipinski definition) is 6. The molecule has 4 aromatic rings. The molecule has 0 saturated carbocycles. The van der Waals surface area contributed by atoms with Gasteiger partial charge in [-0.2, -0.15) is 0 Å². The van der Waals surface area contributed by atoms with Gasteiger partial charge in [0.15, 0.2) is 0 Å². The van der Waals surface area contributed by atoms with Crippen LogP contribution in [0.1, 0.15) is 112 Å². The predicted octanol–water partition coefficient (Wildman–Crippen LogP) is 10.5. The van der Waals surface area contributed by atoms with Gasteiger partial charge in [-0.1, -0.05) is 47.6 Å². The summed E-state index contributed by atoms with van der Waals surface area (Å²) in [5.41, 5.74) is 1.89. The van der Waals surface area contributed by atoms with Gasteiger partial charge < -0.3 is 0 Å². The van der Waals surface area contributed by atoms with Crippen molar-refractivity contribution in [3.63, 3.8) is 0 Å². The molecule has 0 amide bonds. The third kappa shape index (κ3) is 13.8. The fraction of sp³-hybridized carbons (Fsp3) is 0.526. The Morgan fingerprint density at radius 2 is 1.00 bits per heavy atom. The Morgan fingerprint density at radius 1 is 0.565 bits per heavy atom. The molecule has 0 bridgehead atoms. The first-order chi connectivity index (χ1) is 21.9. The van der Waals surface area contributed by atoms with Crippen molar-refractivity contribution in [1.82, 2.24) is 29.9 Å². The van der Waals surface area contributed by atoms with Crippen LogP contribution in [0.25, 0.3) is 11.3 Å². The topological polar surface area (TPSA) is 77.3 Å². The summed E-state index contributed by atoms with van der Waals surface area (Å²) in [5.74, 6) is 1.73. The maximum atomic E-state index is 4.80. The summed E-state index contributed by atoms with van der Waals surface area (Å²) >= 11 is 1.08. The Hall–Kier alpha value is -2.26. The molecule has 0 fully saturated rings. The summed E-state index contributed by atoms with van der Waals surface area (Å²) in [6.07, 6.45) is 19.3. The zero-order valence-electron chi connectivity index (χ0n) is 29.9. The molecule has 0 aliphatic heterocycles. The molecule has 0 N–H and O–H groups in total. The Labute approximate surface area is 292 Å². The van der Waals surface area contributed by atoms with Crippen molar-refractivity contribution in [2.75, 3.05) is 0 Å². The number of hydrogen-bond donors (Lipinski definition) is 0. The van der Waals surface area contributed by atoms with Crippen molar-refractivity contribution < 1.29 is 0 Å². The zero-order valence-corrected chi connectivity index (χ0v) is 34.3. The van der Waals surface area contributed by atoms with Gasteiger partial charge in [0.2, 0.25) is 0 Å². The Bertz CT molecular complexity index is 1330. The van der Waals surface area contributed by atoms with Crippen LogP contribution in [-0.2, 0) is 10.8 Å². The molecule has 4 rings (SSSR count). The summed E-state index contributed by atoms with van der Waals surface area (Å²) in [5, 5.41) is 0. The molecule has 0 unspecified atom stereocenters. The van der Waals surface area contributed by atoms with E-state index in [9.17, 15) is 0 Å². The molecule has 4 heterocycles. The maximum absolute atomic E-state index is 4.80. The summed E-state index contributed by atoms with van der Waals surface area (Å²) in [4.78, 5) is 26.2. The van der Waals surface area contributed by atoms with Gasteiger partial charge in [-0.15, -0.1) is 0 Å². The molecule has 0 saturated heterocycles. The minimum atomic E-state index is -2.21. The van der Waals surface area contributed by atoms with E-state index in [-0.39, 0.29) is 10.8 Å². The molecule has 0 aromatic carbocycles. The van der Waals surface area contributed by atoms with Gasteiger partial charge in [0.05, 0.1) is 10.2 Å². The quantitative estimate of drug-likeness (QED) is 0.141. The number of nitrogens with zero attached hydrogens (tertiary/aromatic N) is 6. The summed E-state index contributed by atoms with van der Waals surface area (Å²) < 4.78 is 7.02. The van der Waals surface area contributed by atoms with Crippen molar-refractivity contribution in [2.45, 2.75) is 125 Å². The Balaban J connectivity index is 0.000000248. The Kier molecular flexibility index (Phi) is 17.5. The van der Waals surface area contributed by atoms with E-state index in [1.165, 1.54) is 51.8 Å². The fourth-order valence-corrected chi connectivity index (χ4v) is 20.7. The van der Waals surface area contributed by atoms with Gasteiger partial charge in [-0.05, 0) is 28.1 Å². The van der Waals surface area contributed by atoms with Crippen LogP contribution in [0.15, 0.2) is 78.1 Å². The van der Waals surface area contributed by atoms with Crippen LogP contribution in [-0.4, -0.2) is 48.3 Å². The van der Waals surface area contributed by atoms with E-state index in [2.05, 4.69) is 121 Å². The molecular formula is C38H57BrN6Sn. The zero-order chi connectivity index (χ0) is 34.1. The fourth-order valence-electron chi connectivity index (χ4n) is 5.06. The van der Waals surface area contributed by atoms with Crippen molar-refractivity contribution in [1.29, 1.82) is 0 Å².